The van der Waals surface area contributed by atoms with E-state index in [1.54, 1.807) is 0 Å². The molecule has 5 heteroatoms. The molecule has 0 aromatic carbocycles. The summed E-state index contributed by atoms with van der Waals surface area (Å²) in [6.45, 7) is 10.5. The molecule has 0 bridgehead atoms. The molecular formula is C18H35ClN2O2. The summed E-state index contributed by atoms with van der Waals surface area (Å²) in [5.74, 6) is 1.40. The Labute approximate surface area is 147 Å². The lowest BCUT2D eigenvalue weighted by atomic mass is 9.78. The highest BCUT2D eigenvalue weighted by Gasteiger charge is 2.35. The van der Waals surface area contributed by atoms with Gasteiger partial charge in [-0.2, -0.15) is 0 Å². The minimum atomic E-state index is 0. The van der Waals surface area contributed by atoms with Crippen molar-refractivity contribution in [3.8, 4) is 0 Å². The van der Waals surface area contributed by atoms with Crippen molar-refractivity contribution in [3.63, 3.8) is 0 Å². The van der Waals surface area contributed by atoms with E-state index in [4.69, 9.17) is 4.74 Å². The molecule has 2 saturated heterocycles. The van der Waals surface area contributed by atoms with Gasteiger partial charge in [-0.05, 0) is 56.5 Å². The number of carbonyl (C=O) groups excluding carboxylic acids is 1. The Kier molecular flexibility index (Phi) is 8.88. The average molecular weight is 347 g/mol. The first kappa shape index (κ1) is 20.7. The number of hydrogen-bond acceptors (Lipinski definition) is 3. The molecule has 23 heavy (non-hydrogen) atoms. The SMILES string of the molecule is CC(C)(C)C1OCCCC1CNC(=O)CCC1CCNCC1.Cl. The largest absolute Gasteiger partial charge is 0.377 e. The first-order valence-corrected chi connectivity index (χ1v) is 9.06. The Balaban J connectivity index is 0.00000264. The fraction of sp³-hybridized carbons (Fsp3) is 0.944. The number of rotatable bonds is 5. The molecule has 2 N–H and O–H groups in total. The van der Waals surface area contributed by atoms with E-state index in [-0.39, 0.29) is 29.8 Å². The second-order valence-corrected chi connectivity index (χ2v) is 8.10. The molecule has 2 aliphatic heterocycles. The van der Waals surface area contributed by atoms with Gasteiger partial charge in [-0.25, -0.2) is 0 Å². The molecule has 0 aromatic rings. The number of piperidine rings is 1. The molecule has 2 atom stereocenters. The zero-order chi connectivity index (χ0) is 16.0. The van der Waals surface area contributed by atoms with Crippen LogP contribution in [0.1, 0.15) is 59.3 Å². The van der Waals surface area contributed by atoms with Crippen LogP contribution in [0.4, 0.5) is 0 Å². The van der Waals surface area contributed by atoms with Gasteiger partial charge in [0, 0.05) is 25.5 Å². The highest BCUT2D eigenvalue weighted by molar-refractivity contribution is 5.85. The Morgan fingerprint density at radius 3 is 2.57 bits per heavy atom. The summed E-state index contributed by atoms with van der Waals surface area (Å²) in [5.41, 5.74) is 0.144. The fourth-order valence-electron chi connectivity index (χ4n) is 3.85. The van der Waals surface area contributed by atoms with Gasteiger partial charge in [0.25, 0.3) is 0 Å². The van der Waals surface area contributed by atoms with Crippen molar-refractivity contribution >= 4 is 18.3 Å². The van der Waals surface area contributed by atoms with Gasteiger partial charge in [0.05, 0.1) is 6.10 Å². The summed E-state index contributed by atoms with van der Waals surface area (Å²) in [5, 5.41) is 6.53. The van der Waals surface area contributed by atoms with E-state index in [0.717, 1.165) is 51.4 Å². The van der Waals surface area contributed by atoms with E-state index in [0.29, 0.717) is 12.3 Å². The van der Waals surface area contributed by atoms with Crippen LogP contribution in [-0.2, 0) is 9.53 Å². The van der Waals surface area contributed by atoms with Crippen LogP contribution in [0.25, 0.3) is 0 Å². The first-order valence-electron chi connectivity index (χ1n) is 9.06. The maximum absolute atomic E-state index is 12.1. The molecule has 0 saturated carbocycles. The highest BCUT2D eigenvalue weighted by atomic mass is 35.5. The fourth-order valence-corrected chi connectivity index (χ4v) is 3.85. The quantitative estimate of drug-likeness (QED) is 0.804. The molecule has 2 aliphatic rings. The normalized spacial score (nSPS) is 26.4. The number of hydrogen-bond donors (Lipinski definition) is 2. The molecule has 2 rings (SSSR count). The van der Waals surface area contributed by atoms with Gasteiger partial charge in [-0.15, -0.1) is 12.4 Å². The monoisotopic (exact) mass is 346 g/mol. The van der Waals surface area contributed by atoms with E-state index in [1.165, 1.54) is 12.8 Å². The van der Waals surface area contributed by atoms with Crippen molar-refractivity contribution in [2.24, 2.45) is 17.3 Å². The predicted molar refractivity (Wildman–Crippen MR) is 97.0 cm³/mol. The lowest BCUT2D eigenvalue weighted by molar-refractivity contribution is -0.123. The summed E-state index contributed by atoms with van der Waals surface area (Å²) in [6.07, 6.45) is 6.69. The summed E-state index contributed by atoms with van der Waals surface area (Å²) in [6, 6.07) is 0. The maximum atomic E-state index is 12.1. The van der Waals surface area contributed by atoms with Gasteiger partial charge < -0.3 is 15.4 Å². The molecule has 4 nitrogen and oxygen atoms in total. The summed E-state index contributed by atoms with van der Waals surface area (Å²) in [4.78, 5) is 12.1. The highest BCUT2D eigenvalue weighted by Crippen LogP contribution is 2.33. The third kappa shape index (κ3) is 6.98. The van der Waals surface area contributed by atoms with Crippen LogP contribution in [-0.4, -0.2) is 38.3 Å². The first-order chi connectivity index (χ1) is 10.5. The van der Waals surface area contributed by atoms with Crippen molar-refractivity contribution in [1.29, 1.82) is 0 Å². The van der Waals surface area contributed by atoms with Crippen molar-refractivity contribution in [2.45, 2.75) is 65.4 Å². The molecule has 1 amide bonds. The predicted octanol–water partition coefficient (Wildman–Crippen LogP) is 3.15. The number of halogens is 1. The number of nitrogens with one attached hydrogen (secondary N) is 2. The second-order valence-electron chi connectivity index (χ2n) is 8.10. The maximum Gasteiger partial charge on any atom is 0.220 e. The van der Waals surface area contributed by atoms with Crippen LogP contribution >= 0.6 is 12.4 Å². The van der Waals surface area contributed by atoms with E-state index in [1.807, 2.05) is 0 Å². The van der Waals surface area contributed by atoms with Crippen molar-refractivity contribution in [2.75, 3.05) is 26.2 Å². The van der Waals surface area contributed by atoms with Gasteiger partial charge in [0.2, 0.25) is 5.91 Å². The second kappa shape index (κ2) is 9.85. The van der Waals surface area contributed by atoms with Gasteiger partial charge >= 0.3 is 0 Å². The van der Waals surface area contributed by atoms with Crippen molar-refractivity contribution < 1.29 is 9.53 Å². The lowest BCUT2D eigenvalue weighted by Gasteiger charge is -2.40. The van der Waals surface area contributed by atoms with Crippen LogP contribution in [0.3, 0.4) is 0 Å². The Bertz CT molecular complexity index is 351. The molecule has 2 heterocycles. The van der Waals surface area contributed by atoms with Crippen LogP contribution in [0, 0.1) is 17.3 Å². The molecular weight excluding hydrogens is 312 g/mol. The molecule has 0 radical (unpaired) electrons. The number of carbonyl (C=O) groups is 1. The third-order valence-electron chi connectivity index (χ3n) is 5.10. The third-order valence-corrected chi connectivity index (χ3v) is 5.10. The zero-order valence-electron chi connectivity index (χ0n) is 15.0. The van der Waals surface area contributed by atoms with E-state index in [9.17, 15) is 4.79 Å². The van der Waals surface area contributed by atoms with E-state index in [2.05, 4.69) is 31.4 Å². The molecule has 0 aliphatic carbocycles. The smallest absolute Gasteiger partial charge is 0.220 e. The lowest BCUT2D eigenvalue weighted by Crippen LogP contribution is -2.45. The average Bonchev–Trinajstić information content (AvgIpc) is 2.51. The van der Waals surface area contributed by atoms with Gasteiger partial charge in [-0.3, -0.25) is 4.79 Å². The van der Waals surface area contributed by atoms with Gasteiger partial charge in [0.1, 0.15) is 0 Å². The summed E-state index contributed by atoms with van der Waals surface area (Å²) in [7, 11) is 0. The molecule has 0 aromatic heterocycles. The number of ether oxygens (including phenoxy) is 1. The molecule has 136 valence electrons. The molecule has 2 fully saturated rings. The number of amides is 1. The standard InChI is InChI=1S/C18H34N2O2.ClH/c1-18(2,3)17-15(5-4-12-22-17)13-20-16(21)7-6-14-8-10-19-11-9-14;/h14-15,17,19H,4-13H2,1-3H3,(H,20,21);1H. The van der Waals surface area contributed by atoms with Crippen LogP contribution in [0.2, 0.25) is 0 Å². The molecule has 2 unspecified atom stereocenters. The summed E-state index contributed by atoms with van der Waals surface area (Å²) < 4.78 is 5.98. The Hall–Kier alpha value is -0.320. The van der Waals surface area contributed by atoms with E-state index >= 15 is 0 Å². The van der Waals surface area contributed by atoms with E-state index < -0.39 is 0 Å². The van der Waals surface area contributed by atoms with Crippen molar-refractivity contribution in [1.82, 2.24) is 10.6 Å². The minimum Gasteiger partial charge on any atom is -0.377 e. The zero-order valence-corrected chi connectivity index (χ0v) is 15.8. The van der Waals surface area contributed by atoms with Crippen molar-refractivity contribution in [3.05, 3.63) is 0 Å². The topological polar surface area (TPSA) is 50.4 Å². The van der Waals surface area contributed by atoms with Crippen LogP contribution in [0.5, 0.6) is 0 Å². The van der Waals surface area contributed by atoms with Crippen LogP contribution < -0.4 is 10.6 Å². The molecule has 0 spiro atoms. The van der Waals surface area contributed by atoms with Gasteiger partial charge in [0.15, 0.2) is 0 Å². The minimum absolute atomic E-state index is 0. The summed E-state index contributed by atoms with van der Waals surface area (Å²) >= 11 is 0. The van der Waals surface area contributed by atoms with Crippen LogP contribution in [0.15, 0.2) is 0 Å². The Morgan fingerprint density at radius 1 is 1.22 bits per heavy atom. The Morgan fingerprint density at radius 2 is 1.91 bits per heavy atom. The van der Waals surface area contributed by atoms with Gasteiger partial charge in [-0.1, -0.05) is 20.8 Å².